The third-order valence-corrected chi connectivity index (χ3v) is 5.14. The molecule has 6 heteroatoms. The molecular formula is C15H18ClN3OS. The zero-order valence-electron chi connectivity index (χ0n) is 11.7. The molecule has 0 amide bonds. The van der Waals surface area contributed by atoms with Crippen LogP contribution < -0.4 is 0 Å². The number of aromatic nitrogens is 2. The van der Waals surface area contributed by atoms with E-state index in [1.807, 2.05) is 18.2 Å². The first-order valence-electron chi connectivity index (χ1n) is 7.44. The number of aromatic amines is 1. The summed E-state index contributed by atoms with van der Waals surface area (Å²) >= 11 is 11.5. The van der Waals surface area contributed by atoms with Gasteiger partial charge in [0.15, 0.2) is 4.77 Å². The minimum atomic E-state index is 0.209. The normalized spacial score (nSPS) is 26.3. The van der Waals surface area contributed by atoms with E-state index in [1.165, 1.54) is 19.4 Å². The van der Waals surface area contributed by atoms with Crippen molar-refractivity contribution in [3.05, 3.63) is 28.0 Å². The van der Waals surface area contributed by atoms with E-state index in [0.717, 1.165) is 40.5 Å². The highest BCUT2D eigenvalue weighted by Crippen LogP contribution is 2.25. The van der Waals surface area contributed by atoms with Crippen LogP contribution in [0.2, 0.25) is 5.02 Å². The molecule has 0 saturated carbocycles. The van der Waals surface area contributed by atoms with Crippen LogP contribution in [0.25, 0.3) is 11.0 Å². The summed E-state index contributed by atoms with van der Waals surface area (Å²) < 4.78 is 8.91. The van der Waals surface area contributed by atoms with E-state index >= 15 is 0 Å². The van der Waals surface area contributed by atoms with Crippen molar-refractivity contribution >= 4 is 34.9 Å². The van der Waals surface area contributed by atoms with E-state index < -0.39 is 0 Å². The number of nitrogens with zero attached hydrogens (tertiary/aromatic N) is 2. The van der Waals surface area contributed by atoms with Gasteiger partial charge in [-0.2, -0.15) is 0 Å². The molecule has 1 aromatic carbocycles. The molecule has 112 valence electrons. The molecule has 1 aromatic heterocycles. The molecule has 4 rings (SSSR count). The summed E-state index contributed by atoms with van der Waals surface area (Å²) in [7, 11) is 0. The molecular weight excluding hydrogens is 306 g/mol. The maximum Gasteiger partial charge on any atom is 0.178 e. The summed E-state index contributed by atoms with van der Waals surface area (Å²) in [5.41, 5.74) is 2.08. The van der Waals surface area contributed by atoms with Crippen molar-refractivity contribution in [1.82, 2.24) is 14.5 Å². The summed E-state index contributed by atoms with van der Waals surface area (Å²) in [6.07, 6.45) is 2.78. The summed E-state index contributed by atoms with van der Waals surface area (Å²) in [6, 6.07) is 6.48. The molecule has 1 N–H and O–H groups in total. The van der Waals surface area contributed by atoms with Gasteiger partial charge >= 0.3 is 0 Å². The molecule has 2 aromatic rings. The molecule has 2 saturated heterocycles. The van der Waals surface area contributed by atoms with E-state index in [0.29, 0.717) is 6.04 Å². The zero-order chi connectivity index (χ0) is 14.4. The average molecular weight is 324 g/mol. The van der Waals surface area contributed by atoms with Gasteiger partial charge in [-0.1, -0.05) is 11.6 Å². The number of H-pyrrole nitrogens is 1. The van der Waals surface area contributed by atoms with Crippen LogP contribution in [0.5, 0.6) is 0 Å². The van der Waals surface area contributed by atoms with Crippen molar-refractivity contribution in [1.29, 1.82) is 0 Å². The van der Waals surface area contributed by atoms with E-state index in [4.69, 9.17) is 28.6 Å². The van der Waals surface area contributed by atoms with Crippen molar-refractivity contribution < 1.29 is 4.74 Å². The fraction of sp³-hybridized carbons (Fsp3) is 0.533. The summed E-state index contributed by atoms with van der Waals surface area (Å²) in [5.74, 6) is 0. The minimum absolute atomic E-state index is 0.209. The second-order valence-electron chi connectivity index (χ2n) is 5.95. The van der Waals surface area contributed by atoms with Crippen LogP contribution in [0.15, 0.2) is 18.2 Å². The van der Waals surface area contributed by atoms with E-state index in [-0.39, 0.29) is 6.10 Å². The summed E-state index contributed by atoms with van der Waals surface area (Å²) in [5, 5.41) is 0.722. The number of morpholine rings is 1. The third-order valence-electron chi connectivity index (χ3n) is 4.58. The number of nitrogens with one attached hydrogen (secondary N) is 1. The summed E-state index contributed by atoms with van der Waals surface area (Å²) in [4.78, 5) is 5.79. The molecule has 0 spiro atoms. The fourth-order valence-electron chi connectivity index (χ4n) is 3.52. The van der Waals surface area contributed by atoms with Crippen LogP contribution in [0.3, 0.4) is 0 Å². The maximum atomic E-state index is 6.04. The molecule has 2 atom stereocenters. The maximum absolute atomic E-state index is 6.04. The Morgan fingerprint density at radius 1 is 1.43 bits per heavy atom. The molecule has 2 fully saturated rings. The third kappa shape index (κ3) is 2.52. The molecule has 0 bridgehead atoms. The number of hydrogen-bond acceptors (Lipinski definition) is 3. The van der Waals surface area contributed by atoms with Crippen LogP contribution in [0.4, 0.5) is 0 Å². The second kappa shape index (κ2) is 5.39. The topological polar surface area (TPSA) is 33.2 Å². The lowest BCUT2D eigenvalue weighted by atomic mass is 10.2. The molecule has 0 aliphatic carbocycles. The van der Waals surface area contributed by atoms with Gasteiger partial charge in [-0.15, -0.1) is 0 Å². The lowest BCUT2D eigenvalue weighted by Gasteiger charge is -2.35. The Labute approximate surface area is 133 Å². The van der Waals surface area contributed by atoms with Gasteiger partial charge in [0.05, 0.1) is 30.3 Å². The Morgan fingerprint density at radius 2 is 2.33 bits per heavy atom. The van der Waals surface area contributed by atoms with Crippen molar-refractivity contribution in [2.24, 2.45) is 0 Å². The average Bonchev–Trinajstić information content (AvgIpc) is 3.03. The molecule has 2 aliphatic rings. The first kappa shape index (κ1) is 13.8. The molecule has 3 heterocycles. The zero-order valence-corrected chi connectivity index (χ0v) is 13.3. The van der Waals surface area contributed by atoms with Gasteiger partial charge < -0.3 is 14.3 Å². The van der Waals surface area contributed by atoms with E-state index in [2.05, 4.69) is 14.5 Å². The van der Waals surface area contributed by atoms with Gasteiger partial charge in [-0.3, -0.25) is 4.90 Å². The summed E-state index contributed by atoms with van der Waals surface area (Å²) in [6.45, 7) is 3.86. The van der Waals surface area contributed by atoms with Crippen LogP contribution in [0.1, 0.15) is 12.8 Å². The first-order valence-corrected chi connectivity index (χ1v) is 8.23. The minimum Gasteiger partial charge on any atom is -0.373 e. The van der Waals surface area contributed by atoms with Crippen molar-refractivity contribution in [3.63, 3.8) is 0 Å². The molecule has 4 nitrogen and oxygen atoms in total. The smallest absolute Gasteiger partial charge is 0.178 e. The Hall–Kier alpha value is -0.880. The van der Waals surface area contributed by atoms with E-state index in [1.54, 1.807) is 0 Å². The Balaban J connectivity index is 1.59. The van der Waals surface area contributed by atoms with Crippen LogP contribution in [-0.4, -0.2) is 46.3 Å². The monoisotopic (exact) mass is 323 g/mol. The van der Waals surface area contributed by atoms with Gasteiger partial charge in [-0.25, -0.2) is 0 Å². The molecule has 21 heavy (non-hydrogen) atoms. The lowest BCUT2D eigenvalue weighted by molar-refractivity contribution is -0.0548. The molecule has 2 aliphatic heterocycles. The van der Waals surface area contributed by atoms with Crippen LogP contribution in [0, 0.1) is 4.77 Å². The highest BCUT2D eigenvalue weighted by atomic mass is 35.5. The predicted octanol–water partition coefficient (Wildman–Crippen LogP) is 3.22. The van der Waals surface area contributed by atoms with Crippen molar-refractivity contribution in [2.45, 2.75) is 31.5 Å². The Morgan fingerprint density at radius 3 is 3.24 bits per heavy atom. The van der Waals surface area contributed by atoms with Gasteiger partial charge in [0.1, 0.15) is 0 Å². The number of fused-ring (bicyclic) bond motifs is 2. The van der Waals surface area contributed by atoms with Crippen LogP contribution >= 0.6 is 23.8 Å². The van der Waals surface area contributed by atoms with E-state index in [9.17, 15) is 0 Å². The molecule has 2 unspecified atom stereocenters. The van der Waals surface area contributed by atoms with Crippen molar-refractivity contribution in [3.8, 4) is 0 Å². The first-order chi connectivity index (χ1) is 10.2. The number of ether oxygens (including phenoxy) is 1. The van der Waals surface area contributed by atoms with Crippen LogP contribution in [-0.2, 0) is 11.3 Å². The van der Waals surface area contributed by atoms with Crippen molar-refractivity contribution in [2.75, 3.05) is 19.7 Å². The SMILES string of the molecule is S=c1[nH]c2cc(Cl)ccc2n1CC1CN2CCCC2CO1. The Bertz CT molecular complexity index is 725. The standard InChI is InChI=1S/C15H18ClN3OS/c16-10-3-4-14-13(6-10)17-15(21)19(14)8-12-7-18-5-1-2-11(18)9-20-12/h3-4,6,11-12H,1-2,5,7-9H2,(H,17,21). The van der Waals surface area contributed by atoms with Gasteiger partial charge in [-0.05, 0) is 49.8 Å². The predicted molar refractivity (Wildman–Crippen MR) is 86.5 cm³/mol. The fourth-order valence-corrected chi connectivity index (χ4v) is 3.97. The quantitative estimate of drug-likeness (QED) is 0.861. The highest BCUT2D eigenvalue weighted by molar-refractivity contribution is 7.71. The highest BCUT2D eigenvalue weighted by Gasteiger charge is 2.32. The number of hydrogen-bond donors (Lipinski definition) is 1. The van der Waals surface area contributed by atoms with Gasteiger partial charge in [0.2, 0.25) is 0 Å². The van der Waals surface area contributed by atoms with Gasteiger partial charge in [0.25, 0.3) is 0 Å². The lowest BCUT2D eigenvalue weighted by Crippen LogP contribution is -2.47. The Kier molecular flexibility index (Phi) is 3.53. The number of benzene rings is 1. The van der Waals surface area contributed by atoms with Gasteiger partial charge in [0, 0.05) is 17.6 Å². The second-order valence-corrected chi connectivity index (χ2v) is 6.77. The number of rotatable bonds is 2. The molecule has 0 radical (unpaired) electrons. The number of imidazole rings is 1. The number of halogens is 1. The largest absolute Gasteiger partial charge is 0.373 e.